The van der Waals surface area contributed by atoms with Crippen molar-refractivity contribution < 1.29 is 19.4 Å². The van der Waals surface area contributed by atoms with Crippen molar-refractivity contribution in [2.24, 2.45) is 11.8 Å². The van der Waals surface area contributed by atoms with E-state index in [0.717, 1.165) is 40.0 Å². The van der Waals surface area contributed by atoms with Crippen molar-refractivity contribution in [3.8, 4) is 5.75 Å². The topological polar surface area (TPSA) is 71.8 Å². The Hall–Kier alpha value is -3.28. The maximum Gasteiger partial charge on any atom is 0.306 e. The predicted octanol–water partition coefficient (Wildman–Crippen LogP) is 5.01. The van der Waals surface area contributed by atoms with Gasteiger partial charge in [-0.1, -0.05) is 13.8 Å². The van der Waals surface area contributed by atoms with Crippen LogP contribution in [-0.4, -0.2) is 42.3 Å². The van der Waals surface area contributed by atoms with Gasteiger partial charge in [0.25, 0.3) is 5.91 Å². The summed E-state index contributed by atoms with van der Waals surface area (Å²) in [6, 6.07) is 13.4. The average molecular weight is 449 g/mol. The number of hydrogen-bond acceptors (Lipinski definition) is 4. The summed E-state index contributed by atoms with van der Waals surface area (Å²) in [7, 11) is 3.93. The molecule has 0 saturated heterocycles. The highest BCUT2D eigenvalue weighted by Crippen LogP contribution is 2.37. The summed E-state index contributed by atoms with van der Waals surface area (Å²) in [4.78, 5) is 27.3. The van der Waals surface area contributed by atoms with Gasteiger partial charge in [0.1, 0.15) is 5.75 Å². The molecule has 0 aliphatic heterocycles. The van der Waals surface area contributed by atoms with Crippen LogP contribution < -0.4 is 9.64 Å². The number of carboxylic acids is 1. The Morgan fingerprint density at radius 3 is 2.52 bits per heavy atom. The average Bonchev–Trinajstić information content (AvgIpc) is 3.11. The van der Waals surface area contributed by atoms with Crippen molar-refractivity contribution in [1.29, 1.82) is 0 Å². The monoisotopic (exact) mass is 448 g/mol. The van der Waals surface area contributed by atoms with Crippen molar-refractivity contribution in [3.05, 3.63) is 59.3 Å². The first-order valence-electron chi connectivity index (χ1n) is 11.6. The van der Waals surface area contributed by atoms with Crippen LogP contribution in [0.4, 0.5) is 5.69 Å². The van der Waals surface area contributed by atoms with Crippen molar-refractivity contribution >= 4 is 28.5 Å². The van der Waals surface area contributed by atoms with Crippen LogP contribution in [0.3, 0.4) is 0 Å². The lowest BCUT2D eigenvalue weighted by Gasteiger charge is -2.20. The predicted molar refractivity (Wildman–Crippen MR) is 131 cm³/mol. The molecule has 0 amide bonds. The van der Waals surface area contributed by atoms with Crippen molar-refractivity contribution in [1.82, 2.24) is 4.57 Å². The number of benzene rings is 2. The maximum absolute atomic E-state index is 13.6. The Bertz CT molecular complexity index is 1180. The molecule has 6 nitrogen and oxygen atoms in total. The van der Waals surface area contributed by atoms with Gasteiger partial charge in [-0.05, 0) is 79.6 Å². The third-order valence-corrected chi connectivity index (χ3v) is 6.48. The van der Waals surface area contributed by atoms with Crippen LogP contribution in [0, 0.1) is 11.8 Å². The van der Waals surface area contributed by atoms with Crippen LogP contribution >= 0.6 is 0 Å². The molecule has 1 atom stereocenters. The van der Waals surface area contributed by atoms with Gasteiger partial charge >= 0.3 is 5.97 Å². The zero-order valence-electron chi connectivity index (χ0n) is 19.8. The molecule has 6 heteroatoms. The molecule has 1 N–H and O–H groups in total. The van der Waals surface area contributed by atoms with Gasteiger partial charge < -0.3 is 14.7 Å². The second kappa shape index (κ2) is 9.30. The molecule has 0 radical (unpaired) electrons. The van der Waals surface area contributed by atoms with E-state index < -0.39 is 11.9 Å². The van der Waals surface area contributed by atoms with E-state index in [9.17, 15) is 14.7 Å². The van der Waals surface area contributed by atoms with Gasteiger partial charge in [0.15, 0.2) is 0 Å². The normalized spacial score (nSPS) is 15.5. The number of rotatable bonds is 7. The fraction of sp³-hybridized carbons (Fsp3) is 0.407. The lowest BCUT2D eigenvalue weighted by atomic mass is 9.86. The Morgan fingerprint density at radius 2 is 1.88 bits per heavy atom. The SMILES string of the molecule is CC(C)CCOc1ccc2c(c1)c1c(n2C(=O)c2ccc(N(C)C)cc2)CCC(C(=O)O)C1. The van der Waals surface area contributed by atoms with Gasteiger partial charge in [0.05, 0.1) is 18.0 Å². The molecular weight excluding hydrogens is 416 g/mol. The van der Waals surface area contributed by atoms with E-state index in [1.165, 1.54) is 0 Å². The zero-order valence-corrected chi connectivity index (χ0v) is 19.8. The fourth-order valence-corrected chi connectivity index (χ4v) is 4.51. The number of anilines is 1. The number of aliphatic carboxylic acids is 1. The number of carbonyl (C=O) groups excluding carboxylic acids is 1. The van der Waals surface area contributed by atoms with E-state index in [4.69, 9.17) is 4.74 Å². The molecule has 0 bridgehead atoms. The summed E-state index contributed by atoms with van der Waals surface area (Å²) >= 11 is 0. The number of ether oxygens (including phenoxy) is 1. The van der Waals surface area contributed by atoms with Crippen LogP contribution in [0.25, 0.3) is 10.9 Å². The number of carboxylic acid groups (broad SMARTS) is 1. The summed E-state index contributed by atoms with van der Waals surface area (Å²) < 4.78 is 7.75. The molecule has 174 valence electrons. The standard InChI is InChI=1S/C27H32N2O4/c1-17(2)13-14-33-21-10-12-25-23(16-21)22-15-19(27(31)32)7-11-24(22)29(25)26(30)18-5-8-20(9-6-18)28(3)4/h5-6,8-10,12,16-17,19H,7,11,13-15H2,1-4H3,(H,31,32). The first-order valence-corrected chi connectivity index (χ1v) is 11.6. The van der Waals surface area contributed by atoms with Crippen molar-refractivity contribution in [3.63, 3.8) is 0 Å². The smallest absolute Gasteiger partial charge is 0.306 e. The summed E-state index contributed by atoms with van der Waals surface area (Å²) in [6.45, 7) is 4.94. The van der Waals surface area contributed by atoms with Gasteiger partial charge in [-0.15, -0.1) is 0 Å². The molecule has 2 aromatic carbocycles. The van der Waals surface area contributed by atoms with E-state index in [-0.39, 0.29) is 5.91 Å². The van der Waals surface area contributed by atoms with Gasteiger partial charge in [0, 0.05) is 36.4 Å². The Balaban J connectivity index is 1.77. The lowest BCUT2D eigenvalue weighted by Crippen LogP contribution is -2.24. The fourth-order valence-electron chi connectivity index (χ4n) is 4.51. The first-order chi connectivity index (χ1) is 15.8. The molecule has 1 aromatic heterocycles. The van der Waals surface area contributed by atoms with E-state index in [1.54, 1.807) is 4.57 Å². The number of nitrogens with zero attached hydrogens (tertiary/aromatic N) is 2. The number of fused-ring (bicyclic) bond motifs is 3. The molecule has 1 heterocycles. The van der Waals surface area contributed by atoms with Gasteiger partial charge in [-0.25, -0.2) is 0 Å². The molecule has 0 saturated carbocycles. The van der Waals surface area contributed by atoms with E-state index in [0.29, 0.717) is 37.4 Å². The number of aromatic nitrogens is 1. The molecule has 1 aliphatic carbocycles. The molecule has 1 unspecified atom stereocenters. The number of carbonyl (C=O) groups is 2. The molecule has 4 rings (SSSR count). The summed E-state index contributed by atoms with van der Waals surface area (Å²) in [5.41, 5.74) is 4.32. The van der Waals surface area contributed by atoms with Gasteiger partial charge in [0.2, 0.25) is 0 Å². The Morgan fingerprint density at radius 1 is 1.15 bits per heavy atom. The third-order valence-electron chi connectivity index (χ3n) is 6.48. The van der Waals surface area contributed by atoms with E-state index >= 15 is 0 Å². The highest BCUT2D eigenvalue weighted by molar-refractivity contribution is 6.04. The minimum absolute atomic E-state index is 0.0891. The van der Waals surface area contributed by atoms with Gasteiger partial charge in [-0.3, -0.25) is 14.2 Å². The summed E-state index contributed by atoms with van der Waals surface area (Å²) in [6.07, 6.45) is 2.48. The van der Waals surface area contributed by atoms with E-state index in [1.807, 2.05) is 61.5 Å². The van der Waals surface area contributed by atoms with Crippen LogP contribution in [0.5, 0.6) is 5.75 Å². The minimum atomic E-state index is -0.781. The second-order valence-electron chi connectivity index (χ2n) is 9.50. The quantitative estimate of drug-likeness (QED) is 0.550. The zero-order chi connectivity index (χ0) is 23.7. The molecule has 0 fully saturated rings. The molecule has 3 aromatic rings. The molecule has 33 heavy (non-hydrogen) atoms. The Kier molecular flexibility index (Phi) is 6.45. The van der Waals surface area contributed by atoms with Crippen molar-refractivity contribution in [2.75, 3.05) is 25.6 Å². The first kappa shape index (κ1) is 22.9. The minimum Gasteiger partial charge on any atom is -0.494 e. The van der Waals surface area contributed by atoms with Gasteiger partial charge in [-0.2, -0.15) is 0 Å². The van der Waals surface area contributed by atoms with E-state index in [2.05, 4.69) is 13.8 Å². The maximum atomic E-state index is 13.6. The summed E-state index contributed by atoms with van der Waals surface area (Å²) in [5, 5.41) is 10.5. The third kappa shape index (κ3) is 4.61. The molecule has 1 aliphatic rings. The van der Waals surface area contributed by atoms with Crippen LogP contribution in [0.2, 0.25) is 0 Å². The summed E-state index contributed by atoms with van der Waals surface area (Å²) in [5.74, 6) is 0.000534. The van der Waals surface area contributed by atoms with Crippen LogP contribution in [-0.2, 0) is 17.6 Å². The highest BCUT2D eigenvalue weighted by atomic mass is 16.5. The highest BCUT2D eigenvalue weighted by Gasteiger charge is 2.31. The van der Waals surface area contributed by atoms with Crippen molar-refractivity contribution in [2.45, 2.75) is 39.5 Å². The number of hydrogen-bond donors (Lipinski definition) is 1. The lowest BCUT2D eigenvalue weighted by molar-refractivity contribution is -0.142. The largest absolute Gasteiger partial charge is 0.494 e. The Labute approximate surface area is 194 Å². The van der Waals surface area contributed by atoms with Crippen LogP contribution in [0.1, 0.15) is 48.3 Å². The van der Waals surface area contributed by atoms with Crippen LogP contribution in [0.15, 0.2) is 42.5 Å². The molecule has 0 spiro atoms. The molecular formula is C27H32N2O4. The second-order valence-corrected chi connectivity index (χ2v) is 9.50.